The second-order valence-electron chi connectivity index (χ2n) is 6.27. The molecule has 0 aliphatic heterocycles. The Morgan fingerprint density at radius 2 is 2.16 bits per heavy atom. The minimum absolute atomic E-state index is 0.0244. The summed E-state index contributed by atoms with van der Waals surface area (Å²) in [5.41, 5.74) is 2.98. The van der Waals surface area contributed by atoms with Crippen molar-refractivity contribution in [3.8, 4) is 0 Å². The van der Waals surface area contributed by atoms with Gasteiger partial charge in [-0.25, -0.2) is 13.6 Å². The fourth-order valence-corrected chi connectivity index (χ4v) is 3.37. The van der Waals surface area contributed by atoms with Gasteiger partial charge in [0.1, 0.15) is 0 Å². The smallest absolute Gasteiger partial charge is 0.210 e. The first-order chi connectivity index (χ1) is 8.59. The van der Waals surface area contributed by atoms with E-state index in [4.69, 9.17) is 5.14 Å². The van der Waals surface area contributed by atoms with Gasteiger partial charge >= 0.3 is 0 Å². The Bertz CT molecular complexity index is 587. The lowest BCUT2D eigenvalue weighted by Gasteiger charge is -2.34. The Labute approximate surface area is 114 Å². The molecule has 2 rings (SSSR count). The molecule has 0 amide bonds. The number of aliphatic hydroxyl groups is 1. The molecule has 0 saturated carbocycles. The van der Waals surface area contributed by atoms with E-state index in [9.17, 15) is 13.5 Å². The van der Waals surface area contributed by atoms with Crippen molar-refractivity contribution in [2.75, 3.05) is 5.75 Å². The Balaban J connectivity index is 2.36. The Morgan fingerprint density at radius 1 is 1.53 bits per heavy atom. The number of aromatic nitrogens is 1. The fourth-order valence-electron chi connectivity index (χ4n) is 2.93. The lowest BCUT2D eigenvalue weighted by molar-refractivity contribution is 0.0980. The summed E-state index contributed by atoms with van der Waals surface area (Å²) in [4.78, 5) is 0. The molecule has 0 aromatic carbocycles. The summed E-state index contributed by atoms with van der Waals surface area (Å²) >= 11 is 0. The zero-order valence-electron chi connectivity index (χ0n) is 11.7. The van der Waals surface area contributed by atoms with Gasteiger partial charge in [-0.1, -0.05) is 13.8 Å². The van der Waals surface area contributed by atoms with E-state index in [1.54, 1.807) is 0 Å². The zero-order chi connectivity index (χ0) is 14.4. The highest BCUT2D eigenvalue weighted by molar-refractivity contribution is 7.89. The van der Waals surface area contributed by atoms with Gasteiger partial charge in [0.25, 0.3) is 0 Å². The lowest BCUT2D eigenvalue weighted by atomic mass is 9.75. The number of fused-ring (bicyclic) bond motifs is 1. The van der Waals surface area contributed by atoms with E-state index in [2.05, 4.69) is 13.8 Å². The number of aryl methyl sites for hydroxylation is 1. The van der Waals surface area contributed by atoms with Crippen LogP contribution in [-0.4, -0.2) is 23.8 Å². The Kier molecular flexibility index (Phi) is 3.53. The molecule has 19 heavy (non-hydrogen) atoms. The maximum atomic E-state index is 11.1. The molecule has 1 unspecified atom stereocenters. The van der Waals surface area contributed by atoms with Gasteiger partial charge in [-0.15, -0.1) is 0 Å². The summed E-state index contributed by atoms with van der Waals surface area (Å²) in [5.74, 6) is -0.0779. The van der Waals surface area contributed by atoms with Crippen LogP contribution in [0.5, 0.6) is 0 Å². The Hall–Kier alpha value is -0.850. The molecule has 0 fully saturated rings. The molecule has 3 N–H and O–H groups in total. The van der Waals surface area contributed by atoms with Crippen LogP contribution in [-0.2, 0) is 23.0 Å². The minimum Gasteiger partial charge on any atom is -0.388 e. The van der Waals surface area contributed by atoms with Crippen molar-refractivity contribution < 1.29 is 13.5 Å². The van der Waals surface area contributed by atoms with Crippen molar-refractivity contribution in [2.24, 2.45) is 10.6 Å². The molecule has 108 valence electrons. The highest BCUT2D eigenvalue weighted by Gasteiger charge is 2.34. The van der Waals surface area contributed by atoms with Crippen molar-refractivity contribution in [3.05, 3.63) is 23.0 Å². The standard InChI is InChI=1S/C13H22N2O3S/c1-9-6-10-11(7-13(2,3)8-12(10)16)15(9)4-5-19(14,17)18/h6,12,16H,4-5,7-8H2,1-3H3,(H2,14,17,18). The monoisotopic (exact) mass is 286 g/mol. The van der Waals surface area contributed by atoms with Crippen molar-refractivity contribution >= 4 is 10.0 Å². The second kappa shape index (κ2) is 4.61. The molecular formula is C13H22N2O3S. The summed E-state index contributed by atoms with van der Waals surface area (Å²) in [7, 11) is -3.47. The molecule has 6 heteroatoms. The first-order valence-electron chi connectivity index (χ1n) is 6.46. The van der Waals surface area contributed by atoms with E-state index in [1.807, 2.05) is 17.6 Å². The van der Waals surface area contributed by atoms with Crippen molar-refractivity contribution in [1.82, 2.24) is 4.57 Å². The third-order valence-corrected chi connectivity index (χ3v) is 4.55. The summed E-state index contributed by atoms with van der Waals surface area (Å²) in [6.45, 7) is 6.51. The van der Waals surface area contributed by atoms with Crippen LogP contribution in [0.3, 0.4) is 0 Å². The molecule has 1 aliphatic carbocycles. The number of sulfonamides is 1. The van der Waals surface area contributed by atoms with Gasteiger partial charge in [0, 0.05) is 23.5 Å². The molecule has 0 radical (unpaired) electrons. The average molecular weight is 286 g/mol. The molecule has 0 spiro atoms. The van der Waals surface area contributed by atoms with E-state index in [0.29, 0.717) is 6.54 Å². The van der Waals surface area contributed by atoms with E-state index < -0.39 is 16.1 Å². The van der Waals surface area contributed by atoms with E-state index in [1.165, 1.54) is 0 Å². The number of hydrogen-bond donors (Lipinski definition) is 2. The van der Waals surface area contributed by atoms with Crippen LogP contribution >= 0.6 is 0 Å². The molecular weight excluding hydrogens is 264 g/mol. The molecule has 0 bridgehead atoms. The van der Waals surface area contributed by atoms with E-state index >= 15 is 0 Å². The van der Waals surface area contributed by atoms with Gasteiger partial charge < -0.3 is 9.67 Å². The van der Waals surface area contributed by atoms with Crippen molar-refractivity contribution in [3.63, 3.8) is 0 Å². The van der Waals surface area contributed by atoms with Gasteiger partial charge in [0.15, 0.2) is 0 Å². The van der Waals surface area contributed by atoms with Crippen LogP contribution in [0.4, 0.5) is 0 Å². The fraction of sp³-hybridized carbons (Fsp3) is 0.692. The topological polar surface area (TPSA) is 85.3 Å². The number of hydrogen-bond acceptors (Lipinski definition) is 3. The van der Waals surface area contributed by atoms with Crippen LogP contribution < -0.4 is 5.14 Å². The van der Waals surface area contributed by atoms with Gasteiger partial charge in [0.05, 0.1) is 11.9 Å². The third kappa shape index (κ3) is 3.19. The predicted molar refractivity (Wildman–Crippen MR) is 74.2 cm³/mol. The molecule has 0 saturated heterocycles. The van der Waals surface area contributed by atoms with Gasteiger partial charge in [-0.05, 0) is 31.2 Å². The number of primary sulfonamides is 1. The van der Waals surface area contributed by atoms with Gasteiger partial charge in [-0.2, -0.15) is 0 Å². The van der Waals surface area contributed by atoms with Gasteiger partial charge in [-0.3, -0.25) is 0 Å². The zero-order valence-corrected chi connectivity index (χ0v) is 12.5. The molecule has 5 nitrogen and oxygen atoms in total. The predicted octanol–water partition coefficient (Wildman–Crippen LogP) is 1.09. The summed E-state index contributed by atoms with van der Waals surface area (Å²) in [6, 6.07) is 1.96. The number of nitrogens with zero attached hydrogens (tertiary/aromatic N) is 1. The maximum absolute atomic E-state index is 11.1. The average Bonchev–Trinajstić information content (AvgIpc) is 2.49. The largest absolute Gasteiger partial charge is 0.388 e. The number of nitrogens with two attached hydrogens (primary N) is 1. The summed E-state index contributed by atoms with van der Waals surface area (Å²) < 4.78 is 24.2. The van der Waals surface area contributed by atoms with Gasteiger partial charge in [0.2, 0.25) is 10.0 Å². The molecule has 1 atom stereocenters. The normalized spacial score (nSPS) is 22.3. The highest BCUT2D eigenvalue weighted by Crippen LogP contribution is 2.41. The van der Waals surface area contributed by atoms with Crippen LogP contribution in [0, 0.1) is 12.3 Å². The SMILES string of the molecule is Cc1cc2c(n1CCS(N)(=O)=O)CC(C)(C)CC2O. The quantitative estimate of drug-likeness (QED) is 0.872. The molecule has 1 aromatic heterocycles. The third-order valence-electron chi connectivity index (χ3n) is 3.80. The van der Waals surface area contributed by atoms with Crippen LogP contribution in [0.2, 0.25) is 0 Å². The van der Waals surface area contributed by atoms with E-state index in [0.717, 1.165) is 29.8 Å². The molecule has 1 aromatic rings. The first kappa shape index (κ1) is 14.6. The summed E-state index contributed by atoms with van der Waals surface area (Å²) in [6.07, 6.45) is 1.12. The highest BCUT2D eigenvalue weighted by atomic mass is 32.2. The van der Waals surface area contributed by atoms with Crippen LogP contribution in [0.25, 0.3) is 0 Å². The van der Waals surface area contributed by atoms with Crippen molar-refractivity contribution in [1.29, 1.82) is 0 Å². The van der Waals surface area contributed by atoms with Crippen LogP contribution in [0.15, 0.2) is 6.07 Å². The second-order valence-corrected chi connectivity index (χ2v) is 8.00. The van der Waals surface area contributed by atoms with E-state index in [-0.39, 0.29) is 11.2 Å². The Morgan fingerprint density at radius 3 is 2.74 bits per heavy atom. The lowest BCUT2D eigenvalue weighted by Crippen LogP contribution is -2.28. The number of rotatable bonds is 3. The minimum atomic E-state index is -3.47. The molecule has 1 aliphatic rings. The number of aliphatic hydroxyl groups excluding tert-OH is 1. The molecule has 1 heterocycles. The van der Waals surface area contributed by atoms with Crippen LogP contribution in [0.1, 0.15) is 43.3 Å². The summed E-state index contributed by atoms with van der Waals surface area (Å²) in [5, 5.41) is 15.3. The first-order valence-corrected chi connectivity index (χ1v) is 8.18. The maximum Gasteiger partial charge on any atom is 0.210 e. The van der Waals surface area contributed by atoms with Crippen molar-refractivity contribution in [2.45, 2.75) is 46.3 Å².